The van der Waals surface area contributed by atoms with Crippen molar-refractivity contribution in [3.05, 3.63) is 24.3 Å². The normalized spacial score (nSPS) is 20.5. The number of amides is 2. The summed E-state index contributed by atoms with van der Waals surface area (Å²) in [6.07, 6.45) is 3.61. The van der Waals surface area contributed by atoms with Gasteiger partial charge in [-0.05, 0) is 43.0 Å². The molecule has 0 unspecified atom stereocenters. The zero-order valence-corrected chi connectivity index (χ0v) is 12.8. The van der Waals surface area contributed by atoms with Crippen molar-refractivity contribution < 1.29 is 14.3 Å². The molecule has 0 aromatic heterocycles. The van der Waals surface area contributed by atoms with Crippen LogP contribution >= 0.6 is 0 Å². The van der Waals surface area contributed by atoms with Crippen molar-refractivity contribution in [1.29, 1.82) is 0 Å². The number of carbonyl (C=O) groups excluding carboxylic acids is 2. The Bertz CT molecular complexity index is 516. The average Bonchev–Trinajstić information content (AvgIpc) is 2.91. The Kier molecular flexibility index (Phi) is 5.77. The lowest BCUT2D eigenvalue weighted by atomic mass is 10.00. The highest BCUT2D eigenvalue weighted by Gasteiger charge is 2.25. The lowest BCUT2D eigenvalue weighted by Gasteiger charge is -2.15. The lowest BCUT2D eigenvalue weighted by molar-refractivity contribution is -0.122. The van der Waals surface area contributed by atoms with Crippen LogP contribution in [-0.2, 0) is 9.59 Å². The highest BCUT2D eigenvalue weighted by atomic mass is 16.5. The summed E-state index contributed by atoms with van der Waals surface area (Å²) in [5, 5.41) is 5.34. The van der Waals surface area contributed by atoms with E-state index in [9.17, 15) is 9.59 Å². The van der Waals surface area contributed by atoms with Gasteiger partial charge in [-0.3, -0.25) is 9.59 Å². The molecule has 0 spiro atoms. The maximum Gasteiger partial charge on any atom is 0.257 e. The second-order valence-electron chi connectivity index (χ2n) is 5.59. The van der Waals surface area contributed by atoms with Gasteiger partial charge in [-0.25, -0.2) is 0 Å². The van der Waals surface area contributed by atoms with E-state index in [0.717, 1.165) is 19.3 Å². The molecule has 1 saturated carbocycles. The van der Waals surface area contributed by atoms with Gasteiger partial charge >= 0.3 is 0 Å². The number of benzene rings is 1. The quantitative estimate of drug-likeness (QED) is 0.738. The monoisotopic (exact) mass is 305 g/mol. The first-order valence-electron chi connectivity index (χ1n) is 7.57. The maximum absolute atomic E-state index is 12.0. The van der Waals surface area contributed by atoms with Crippen LogP contribution in [0, 0.1) is 5.92 Å². The second kappa shape index (κ2) is 7.79. The van der Waals surface area contributed by atoms with Crippen LogP contribution < -0.4 is 21.1 Å². The van der Waals surface area contributed by atoms with E-state index in [2.05, 4.69) is 10.6 Å². The number of hydrogen-bond acceptors (Lipinski definition) is 4. The molecule has 1 fully saturated rings. The number of anilines is 1. The molecule has 120 valence electrons. The van der Waals surface area contributed by atoms with Gasteiger partial charge in [0, 0.05) is 25.2 Å². The third kappa shape index (κ3) is 4.73. The fourth-order valence-electron chi connectivity index (χ4n) is 2.62. The summed E-state index contributed by atoms with van der Waals surface area (Å²) in [7, 11) is 1.56. The molecule has 6 nitrogen and oxygen atoms in total. The molecule has 2 amide bonds. The predicted molar refractivity (Wildman–Crippen MR) is 84.6 cm³/mol. The van der Waals surface area contributed by atoms with Gasteiger partial charge in [0.15, 0.2) is 6.61 Å². The first-order valence-corrected chi connectivity index (χ1v) is 7.57. The Morgan fingerprint density at radius 2 is 1.95 bits per heavy atom. The van der Waals surface area contributed by atoms with Crippen molar-refractivity contribution in [2.24, 2.45) is 11.7 Å². The first kappa shape index (κ1) is 16.3. The van der Waals surface area contributed by atoms with Gasteiger partial charge in [0.2, 0.25) is 5.91 Å². The molecule has 0 saturated heterocycles. The Hall–Kier alpha value is -2.08. The summed E-state index contributed by atoms with van der Waals surface area (Å²) in [5.74, 6) is 0.668. The van der Waals surface area contributed by atoms with Crippen molar-refractivity contribution in [1.82, 2.24) is 5.32 Å². The van der Waals surface area contributed by atoms with Crippen LogP contribution in [-0.4, -0.2) is 31.5 Å². The summed E-state index contributed by atoms with van der Waals surface area (Å²) >= 11 is 0. The minimum atomic E-state index is -0.190. The van der Waals surface area contributed by atoms with Crippen LogP contribution in [0.25, 0.3) is 0 Å². The van der Waals surface area contributed by atoms with E-state index in [1.807, 2.05) is 0 Å². The smallest absolute Gasteiger partial charge is 0.257 e. The molecule has 1 aliphatic carbocycles. The van der Waals surface area contributed by atoms with Crippen molar-refractivity contribution in [2.75, 3.05) is 19.0 Å². The second-order valence-corrected chi connectivity index (χ2v) is 5.59. The van der Waals surface area contributed by atoms with Crippen molar-refractivity contribution in [3.8, 4) is 5.75 Å². The maximum atomic E-state index is 12.0. The molecule has 2 rings (SSSR count). The van der Waals surface area contributed by atoms with Gasteiger partial charge < -0.3 is 21.1 Å². The van der Waals surface area contributed by atoms with Crippen LogP contribution in [0.1, 0.15) is 25.7 Å². The molecule has 1 aromatic rings. The van der Waals surface area contributed by atoms with Crippen molar-refractivity contribution in [3.63, 3.8) is 0 Å². The molecule has 22 heavy (non-hydrogen) atoms. The van der Waals surface area contributed by atoms with E-state index < -0.39 is 0 Å². The third-order valence-electron chi connectivity index (χ3n) is 3.95. The molecule has 2 atom stereocenters. The topological polar surface area (TPSA) is 93.5 Å². The van der Waals surface area contributed by atoms with E-state index in [1.54, 1.807) is 31.3 Å². The minimum Gasteiger partial charge on any atom is -0.484 e. The number of nitrogens with two attached hydrogens (primary N) is 1. The Balaban J connectivity index is 1.80. The van der Waals surface area contributed by atoms with E-state index >= 15 is 0 Å². The van der Waals surface area contributed by atoms with E-state index in [4.69, 9.17) is 10.5 Å². The number of carbonyl (C=O) groups is 2. The molecule has 0 aliphatic heterocycles. The van der Waals surface area contributed by atoms with Crippen molar-refractivity contribution >= 4 is 17.5 Å². The van der Waals surface area contributed by atoms with Crippen LogP contribution in [0.2, 0.25) is 0 Å². The van der Waals surface area contributed by atoms with Gasteiger partial charge in [0.1, 0.15) is 5.75 Å². The molecule has 6 heteroatoms. The molecule has 1 aromatic carbocycles. The summed E-state index contributed by atoms with van der Waals surface area (Å²) in [5.41, 5.74) is 6.69. The molecule has 4 N–H and O–H groups in total. The fraction of sp³-hybridized carbons (Fsp3) is 0.500. The predicted octanol–water partition coefficient (Wildman–Crippen LogP) is 1.27. The summed E-state index contributed by atoms with van der Waals surface area (Å²) in [6.45, 7) is -0.0260. The van der Waals surface area contributed by atoms with Gasteiger partial charge in [-0.2, -0.15) is 0 Å². The highest BCUT2D eigenvalue weighted by molar-refractivity contribution is 5.91. The lowest BCUT2D eigenvalue weighted by Crippen LogP contribution is -2.28. The number of rotatable bonds is 6. The minimum absolute atomic E-state index is 0.0126. The summed E-state index contributed by atoms with van der Waals surface area (Å²) in [4.78, 5) is 23.1. The summed E-state index contributed by atoms with van der Waals surface area (Å²) in [6, 6.07) is 7.10. The SMILES string of the molecule is CNC(=O)COc1ccc(NC(=O)C[C@@H]2CCC[C@H]2N)cc1. The number of ether oxygens (including phenoxy) is 1. The zero-order valence-electron chi connectivity index (χ0n) is 12.8. The zero-order chi connectivity index (χ0) is 15.9. The van der Waals surface area contributed by atoms with E-state index in [-0.39, 0.29) is 30.4 Å². The molecular formula is C16H23N3O3. The van der Waals surface area contributed by atoms with Gasteiger partial charge in [-0.15, -0.1) is 0 Å². The third-order valence-corrected chi connectivity index (χ3v) is 3.95. The molecule has 0 heterocycles. The first-order chi connectivity index (χ1) is 10.6. The fourth-order valence-corrected chi connectivity index (χ4v) is 2.62. The van der Waals surface area contributed by atoms with Crippen LogP contribution in [0.5, 0.6) is 5.75 Å². The van der Waals surface area contributed by atoms with E-state index in [0.29, 0.717) is 17.9 Å². The van der Waals surface area contributed by atoms with Gasteiger partial charge in [0.05, 0.1) is 0 Å². The number of nitrogens with one attached hydrogen (secondary N) is 2. The number of hydrogen-bond donors (Lipinski definition) is 3. The Labute approximate surface area is 130 Å². The largest absolute Gasteiger partial charge is 0.484 e. The van der Waals surface area contributed by atoms with Gasteiger partial charge in [-0.1, -0.05) is 6.42 Å². The molecular weight excluding hydrogens is 282 g/mol. The van der Waals surface area contributed by atoms with Crippen LogP contribution in [0.3, 0.4) is 0 Å². The highest BCUT2D eigenvalue weighted by Crippen LogP contribution is 2.27. The van der Waals surface area contributed by atoms with Crippen LogP contribution in [0.15, 0.2) is 24.3 Å². The van der Waals surface area contributed by atoms with Crippen molar-refractivity contribution in [2.45, 2.75) is 31.7 Å². The Morgan fingerprint density at radius 3 is 2.55 bits per heavy atom. The average molecular weight is 305 g/mol. The standard InChI is InChI=1S/C16H23N3O3/c1-18-16(21)10-22-13-7-5-12(6-8-13)19-15(20)9-11-3-2-4-14(11)17/h5-8,11,14H,2-4,9-10,17H2,1H3,(H,18,21)(H,19,20)/t11-,14+/m0/s1. The van der Waals surface area contributed by atoms with Gasteiger partial charge in [0.25, 0.3) is 5.91 Å². The molecule has 1 aliphatic rings. The number of likely N-dealkylation sites (N-methyl/N-ethyl adjacent to an activating group) is 1. The summed E-state index contributed by atoms with van der Waals surface area (Å²) < 4.78 is 5.30. The van der Waals surface area contributed by atoms with Crippen LogP contribution in [0.4, 0.5) is 5.69 Å². The van der Waals surface area contributed by atoms with E-state index in [1.165, 1.54) is 0 Å². The Morgan fingerprint density at radius 1 is 1.23 bits per heavy atom. The molecule has 0 bridgehead atoms. The molecule has 0 radical (unpaired) electrons.